The Morgan fingerprint density at radius 3 is 2.43 bits per heavy atom. The van der Waals surface area contributed by atoms with Crippen LogP contribution < -0.4 is 5.32 Å². The van der Waals surface area contributed by atoms with Crippen molar-refractivity contribution in [2.75, 3.05) is 19.6 Å². The lowest BCUT2D eigenvalue weighted by atomic mass is 10.0. The van der Waals surface area contributed by atoms with E-state index in [1.807, 2.05) is 56.5 Å². The first-order valence-corrected chi connectivity index (χ1v) is 8.65. The van der Waals surface area contributed by atoms with Crippen molar-refractivity contribution in [3.63, 3.8) is 0 Å². The standard InChI is InChI=1S/C18H22N2O2S/c1-4-19-16(21)12-20(5-2)18(22)17-15(10-11-23-17)14-8-6-13(3)7-9-14/h6-11H,4-5,12H2,1-3H3,(H,19,21). The van der Waals surface area contributed by atoms with Gasteiger partial charge in [0.2, 0.25) is 5.91 Å². The largest absolute Gasteiger partial charge is 0.355 e. The highest BCUT2D eigenvalue weighted by Gasteiger charge is 2.21. The number of thiophene rings is 1. The Labute approximate surface area is 141 Å². The molecule has 0 atom stereocenters. The zero-order valence-corrected chi connectivity index (χ0v) is 14.6. The molecule has 0 saturated carbocycles. The molecule has 0 fully saturated rings. The summed E-state index contributed by atoms with van der Waals surface area (Å²) in [5, 5.41) is 4.65. The fourth-order valence-electron chi connectivity index (χ4n) is 2.33. The van der Waals surface area contributed by atoms with Crippen LogP contribution in [0.5, 0.6) is 0 Å². The molecule has 0 saturated heterocycles. The number of aryl methyl sites for hydroxylation is 1. The Balaban J connectivity index is 2.24. The monoisotopic (exact) mass is 330 g/mol. The van der Waals surface area contributed by atoms with Crippen LogP contribution in [0.1, 0.15) is 29.1 Å². The zero-order valence-electron chi connectivity index (χ0n) is 13.8. The first kappa shape index (κ1) is 17.2. The molecule has 122 valence electrons. The van der Waals surface area contributed by atoms with Crippen molar-refractivity contribution in [3.8, 4) is 11.1 Å². The van der Waals surface area contributed by atoms with Crippen molar-refractivity contribution in [1.29, 1.82) is 0 Å². The molecule has 0 aliphatic carbocycles. The number of carbonyl (C=O) groups excluding carboxylic acids is 2. The van der Waals surface area contributed by atoms with Gasteiger partial charge in [0, 0.05) is 18.7 Å². The first-order valence-electron chi connectivity index (χ1n) is 7.77. The maximum absolute atomic E-state index is 12.8. The summed E-state index contributed by atoms with van der Waals surface area (Å²) in [6.45, 7) is 6.95. The van der Waals surface area contributed by atoms with Crippen molar-refractivity contribution in [1.82, 2.24) is 10.2 Å². The Morgan fingerprint density at radius 1 is 1.13 bits per heavy atom. The number of likely N-dealkylation sites (N-methyl/N-ethyl adjacent to an activating group) is 2. The van der Waals surface area contributed by atoms with Crippen molar-refractivity contribution in [2.45, 2.75) is 20.8 Å². The van der Waals surface area contributed by atoms with E-state index in [9.17, 15) is 9.59 Å². The van der Waals surface area contributed by atoms with Gasteiger partial charge in [-0.2, -0.15) is 0 Å². The summed E-state index contributed by atoms with van der Waals surface area (Å²) >= 11 is 1.42. The third-order valence-corrected chi connectivity index (χ3v) is 4.50. The quantitative estimate of drug-likeness (QED) is 0.883. The van der Waals surface area contributed by atoms with Crippen LogP contribution in [-0.4, -0.2) is 36.3 Å². The smallest absolute Gasteiger partial charge is 0.265 e. The third-order valence-electron chi connectivity index (χ3n) is 3.60. The van der Waals surface area contributed by atoms with E-state index >= 15 is 0 Å². The zero-order chi connectivity index (χ0) is 16.8. The Morgan fingerprint density at radius 2 is 1.83 bits per heavy atom. The molecule has 1 N–H and O–H groups in total. The number of nitrogens with zero attached hydrogens (tertiary/aromatic N) is 1. The second-order valence-corrected chi connectivity index (χ2v) is 6.22. The summed E-state index contributed by atoms with van der Waals surface area (Å²) in [6, 6.07) is 10.1. The number of benzene rings is 1. The highest BCUT2D eigenvalue weighted by atomic mass is 32.1. The molecule has 0 spiro atoms. The molecule has 4 nitrogen and oxygen atoms in total. The van der Waals surface area contributed by atoms with Gasteiger partial charge in [-0.15, -0.1) is 11.3 Å². The van der Waals surface area contributed by atoms with Gasteiger partial charge in [0.05, 0.1) is 11.4 Å². The molecule has 2 rings (SSSR count). The third kappa shape index (κ3) is 4.20. The molecule has 0 unspecified atom stereocenters. The fourth-order valence-corrected chi connectivity index (χ4v) is 3.22. The van der Waals surface area contributed by atoms with Crippen molar-refractivity contribution in [2.24, 2.45) is 0 Å². The molecule has 23 heavy (non-hydrogen) atoms. The summed E-state index contributed by atoms with van der Waals surface area (Å²) in [7, 11) is 0. The Kier molecular flexibility index (Phi) is 5.93. The highest BCUT2D eigenvalue weighted by Crippen LogP contribution is 2.29. The number of nitrogens with one attached hydrogen (secondary N) is 1. The molecular formula is C18H22N2O2S. The maximum Gasteiger partial charge on any atom is 0.265 e. The summed E-state index contributed by atoms with van der Waals surface area (Å²) in [5.74, 6) is -0.222. The summed E-state index contributed by atoms with van der Waals surface area (Å²) in [5.41, 5.74) is 3.13. The minimum Gasteiger partial charge on any atom is -0.355 e. The molecule has 2 amide bonds. The second kappa shape index (κ2) is 7.92. The first-order chi connectivity index (χ1) is 11.1. The molecule has 1 aromatic heterocycles. The summed E-state index contributed by atoms with van der Waals surface area (Å²) < 4.78 is 0. The van der Waals surface area contributed by atoms with E-state index < -0.39 is 0 Å². The molecule has 2 aromatic rings. The molecule has 1 aromatic carbocycles. The topological polar surface area (TPSA) is 49.4 Å². The number of rotatable bonds is 6. The van der Waals surface area contributed by atoms with Gasteiger partial charge in [-0.1, -0.05) is 29.8 Å². The van der Waals surface area contributed by atoms with Gasteiger partial charge in [0.1, 0.15) is 0 Å². The normalized spacial score (nSPS) is 10.4. The van der Waals surface area contributed by atoms with Crippen LogP contribution in [0.4, 0.5) is 0 Å². The van der Waals surface area contributed by atoms with Crippen LogP contribution >= 0.6 is 11.3 Å². The molecule has 0 radical (unpaired) electrons. The average Bonchev–Trinajstić information content (AvgIpc) is 3.02. The number of carbonyl (C=O) groups is 2. The minimum atomic E-state index is -0.129. The average molecular weight is 330 g/mol. The lowest BCUT2D eigenvalue weighted by Crippen LogP contribution is -2.40. The molecular weight excluding hydrogens is 308 g/mol. The Hall–Kier alpha value is -2.14. The molecule has 5 heteroatoms. The van der Waals surface area contributed by atoms with Gasteiger partial charge in [0.25, 0.3) is 5.91 Å². The maximum atomic E-state index is 12.8. The Bertz CT molecular complexity index is 677. The lowest BCUT2D eigenvalue weighted by molar-refractivity contribution is -0.121. The summed E-state index contributed by atoms with van der Waals surface area (Å²) in [6.07, 6.45) is 0. The fraction of sp³-hybridized carbons (Fsp3) is 0.333. The number of hydrogen-bond acceptors (Lipinski definition) is 3. The van der Waals surface area contributed by atoms with Crippen LogP contribution in [0.3, 0.4) is 0 Å². The predicted molar refractivity (Wildman–Crippen MR) is 94.8 cm³/mol. The molecule has 1 heterocycles. The van der Waals surface area contributed by atoms with Crippen molar-refractivity contribution in [3.05, 3.63) is 46.2 Å². The van der Waals surface area contributed by atoms with Crippen LogP contribution in [0.2, 0.25) is 0 Å². The van der Waals surface area contributed by atoms with Gasteiger partial charge in [-0.25, -0.2) is 0 Å². The van der Waals surface area contributed by atoms with E-state index in [2.05, 4.69) is 5.32 Å². The van der Waals surface area contributed by atoms with E-state index in [-0.39, 0.29) is 18.4 Å². The van der Waals surface area contributed by atoms with E-state index in [0.717, 1.165) is 11.1 Å². The van der Waals surface area contributed by atoms with Gasteiger partial charge < -0.3 is 10.2 Å². The minimum absolute atomic E-state index is 0.0917. The van der Waals surface area contributed by atoms with E-state index in [1.165, 1.54) is 16.9 Å². The molecule has 0 bridgehead atoms. The lowest BCUT2D eigenvalue weighted by Gasteiger charge is -2.20. The van der Waals surface area contributed by atoms with Gasteiger partial charge in [-0.05, 0) is 37.8 Å². The van der Waals surface area contributed by atoms with Gasteiger partial charge in [-0.3, -0.25) is 9.59 Å². The molecule has 0 aliphatic rings. The van der Waals surface area contributed by atoms with Crippen molar-refractivity contribution < 1.29 is 9.59 Å². The van der Waals surface area contributed by atoms with Crippen molar-refractivity contribution >= 4 is 23.2 Å². The number of amides is 2. The van der Waals surface area contributed by atoms with Crippen LogP contribution in [-0.2, 0) is 4.79 Å². The van der Waals surface area contributed by atoms with Crippen LogP contribution in [0.15, 0.2) is 35.7 Å². The van der Waals surface area contributed by atoms with Gasteiger partial charge in [0.15, 0.2) is 0 Å². The van der Waals surface area contributed by atoms with E-state index in [1.54, 1.807) is 4.90 Å². The second-order valence-electron chi connectivity index (χ2n) is 5.30. The van der Waals surface area contributed by atoms with Gasteiger partial charge >= 0.3 is 0 Å². The SMILES string of the molecule is CCNC(=O)CN(CC)C(=O)c1sccc1-c1ccc(C)cc1. The molecule has 0 aliphatic heterocycles. The number of hydrogen-bond donors (Lipinski definition) is 1. The highest BCUT2D eigenvalue weighted by molar-refractivity contribution is 7.12. The van der Waals surface area contributed by atoms with E-state index in [0.29, 0.717) is 18.0 Å². The van der Waals surface area contributed by atoms with E-state index in [4.69, 9.17) is 0 Å². The van der Waals surface area contributed by atoms with Crippen LogP contribution in [0.25, 0.3) is 11.1 Å². The summed E-state index contributed by atoms with van der Waals surface area (Å²) in [4.78, 5) is 26.8. The van der Waals surface area contributed by atoms with Crippen LogP contribution in [0, 0.1) is 6.92 Å². The predicted octanol–water partition coefficient (Wildman–Crippen LogP) is 3.32.